The quantitative estimate of drug-likeness (QED) is 0.750. The van der Waals surface area contributed by atoms with Crippen LogP contribution in [0.3, 0.4) is 0 Å². The number of hydrogen-bond donors (Lipinski definition) is 0. The molecule has 0 fully saturated rings. The predicted octanol–water partition coefficient (Wildman–Crippen LogP) is 2.16. The van der Waals surface area contributed by atoms with Crippen molar-refractivity contribution in [3.63, 3.8) is 0 Å². The predicted molar refractivity (Wildman–Crippen MR) is 61.4 cm³/mol. The molecular weight excluding hydrogens is 219 g/mol. The first-order chi connectivity index (χ1) is 8.15. The highest BCUT2D eigenvalue weighted by Gasteiger charge is 2.10. The molecule has 0 aliphatic rings. The lowest BCUT2D eigenvalue weighted by Gasteiger charge is -2.07. The number of nitrogens with zero attached hydrogens (tertiary/aromatic N) is 2. The fourth-order valence-electron chi connectivity index (χ4n) is 1.60. The van der Waals surface area contributed by atoms with Gasteiger partial charge in [-0.2, -0.15) is 5.26 Å². The Hall–Kier alpha value is -2.41. The first-order valence-electron chi connectivity index (χ1n) is 5.02. The number of aromatic nitrogens is 1. The smallest absolute Gasteiger partial charge is 0.273 e. The maximum absolute atomic E-state index is 13.5. The molecule has 17 heavy (non-hydrogen) atoms. The molecule has 3 nitrogen and oxygen atoms in total. The Balaban J connectivity index is 2.76. The van der Waals surface area contributed by atoms with Crippen molar-refractivity contribution in [2.75, 3.05) is 0 Å². The van der Waals surface area contributed by atoms with Gasteiger partial charge in [-0.05, 0) is 30.7 Å². The van der Waals surface area contributed by atoms with Crippen LogP contribution in [0.25, 0.3) is 5.69 Å². The number of halogens is 1. The maximum Gasteiger partial charge on any atom is 0.273 e. The third kappa shape index (κ3) is 1.83. The van der Waals surface area contributed by atoms with Gasteiger partial charge >= 0.3 is 0 Å². The third-order valence-corrected chi connectivity index (χ3v) is 2.52. The van der Waals surface area contributed by atoms with E-state index in [4.69, 9.17) is 5.26 Å². The molecule has 0 saturated carbocycles. The lowest BCUT2D eigenvalue weighted by molar-refractivity contribution is 0.616. The number of hydrogen-bond acceptors (Lipinski definition) is 2. The summed E-state index contributed by atoms with van der Waals surface area (Å²) in [5.41, 5.74) is 0.271. The second kappa shape index (κ2) is 4.22. The lowest BCUT2D eigenvalue weighted by Crippen LogP contribution is -2.22. The molecule has 1 aromatic heterocycles. The number of nitriles is 1. The van der Waals surface area contributed by atoms with E-state index in [0.29, 0.717) is 5.56 Å². The Labute approximate surface area is 97.4 Å². The molecule has 1 heterocycles. The number of para-hydroxylation sites is 1. The highest BCUT2D eigenvalue weighted by molar-refractivity contribution is 5.40. The highest BCUT2D eigenvalue weighted by atomic mass is 19.1. The summed E-state index contributed by atoms with van der Waals surface area (Å²) in [6.07, 6.45) is 1.47. The van der Waals surface area contributed by atoms with Gasteiger partial charge in [0.1, 0.15) is 17.4 Å². The number of aryl methyl sites for hydroxylation is 1. The molecule has 1 aromatic carbocycles. The zero-order valence-corrected chi connectivity index (χ0v) is 9.14. The lowest BCUT2D eigenvalue weighted by atomic mass is 10.1. The van der Waals surface area contributed by atoms with Gasteiger partial charge in [-0.1, -0.05) is 12.1 Å². The maximum atomic E-state index is 13.5. The topological polar surface area (TPSA) is 45.8 Å². The average Bonchev–Trinajstić information content (AvgIpc) is 2.31. The molecule has 0 atom stereocenters. The second-order valence-corrected chi connectivity index (χ2v) is 3.61. The van der Waals surface area contributed by atoms with Crippen molar-refractivity contribution in [1.29, 1.82) is 5.26 Å². The monoisotopic (exact) mass is 228 g/mol. The standard InChI is InChI=1S/C13H9FN2O/c1-9-6-7-16(13(17)10(9)8-15)12-5-3-2-4-11(12)14/h2-7H,1H3. The average molecular weight is 228 g/mol. The van der Waals surface area contributed by atoms with Crippen molar-refractivity contribution in [3.05, 3.63) is 63.8 Å². The van der Waals surface area contributed by atoms with E-state index in [1.807, 2.05) is 6.07 Å². The normalized spacial score (nSPS) is 9.94. The fourth-order valence-corrected chi connectivity index (χ4v) is 1.60. The van der Waals surface area contributed by atoms with Gasteiger partial charge in [-0.15, -0.1) is 0 Å². The second-order valence-electron chi connectivity index (χ2n) is 3.61. The zero-order chi connectivity index (χ0) is 12.4. The summed E-state index contributed by atoms with van der Waals surface area (Å²) >= 11 is 0. The Morgan fingerprint density at radius 3 is 2.65 bits per heavy atom. The van der Waals surface area contributed by atoms with Crippen LogP contribution >= 0.6 is 0 Å². The van der Waals surface area contributed by atoms with E-state index in [0.717, 1.165) is 4.57 Å². The van der Waals surface area contributed by atoms with Crippen molar-refractivity contribution < 1.29 is 4.39 Å². The van der Waals surface area contributed by atoms with Gasteiger partial charge in [0.05, 0.1) is 5.69 Å². The Morgan fingerprint density at radius 1 is 1.29 bits per heavy atom. The first kappa shape index (κ1) is 11.1. The fraction of sp³-hybridized carbons (Fsp3) is 0.0769. The van der Waals surface area contributed by atoms with Crippen LogP contribution in [0.4, 0.5) is 4.39 Å². The van der Waals surface area contributed by atoms with Crippen molar-refractivity contribution in [3.8, 4) is 11.8 Å². The van der Waals surface area contributed by atoms with Crippen molar-refractivity contribution in [2.45, 2.75) is 6.92 Å². The first-order valence-corrected chi connectivity index (χ1v) is 5.02. The van der Waals surface area contributed by atoms with E-state index in [-0.39, 0.29) is 11.3 Å². The van der Waals surface area contributed by atoms with Crippen LogP contribution in [-0.4, -0.2) is 4.57 Å². The minimum Gasteiger partial charge on any atom is -0.280 e. The Morgan fingerprint density at radius 2 is 2.00 bits per heavy atom. The summed E-state index contributed by atoms with van der Waals surface area (Å²) in [4.78, 5) is 11.9. The molecule has 0 amide bonds. The van der Waals surface area contributed by atoms with Gasteiger partial charge in [0.15, 0.2) is 0 Å². The van der Waals surface area contributed by atoms with Crippen LogP contribution in [0, 0.1) is 24.1 Å². The van der Waals surface area contributed by atoms with Gasteiger partial charge in [0, 0.05) is 6.20 Å². The minimum atomic E-state index is -0.502. The number of rotatable bonds is 1. The Bertz CT molecular complexity index is 668. The van der Waals surface area contributed by atoms with Crippen molar-refractivity contribution >= 4 is 0 Å². The molecule has 0 aliphatic carbocycles. The highest BCUT2D eigenvalue weighted by Crippen LogP contribution is 2.11. The van der Waals surface area contributed by atoms with Crippen LogP contribution in [0.1, 0.15) is 11.1 Å². The molecular formula is C13H9FN2O. The van der Waals surface area contributed by atoms with Crippen LogP contribution < -0.4 is 5.56 Å². The molecule has 2 aromatic rings. The van der Waals surface area contributed by atoms with E-state index < -0.39 is 11.4 Å². The van der Waals surface area contributed by atoms with Crippen molar-refractivity contribution in [2.24, 2.45) is 0 Å². The molecule has 0 bridgehead atoms. The molecule has 84 valence electrons. The Kier molecular flexibility index (Phi) is 2.75. The number of pyridine rings is 1. The summed E-state index contributed by atoms with van der Waals surface area (Å²) < 4.78 is 14.7. The SMILES string of the molecule is Cc1ccn(-c2ccccc2F)c(=O)c1C#N. The van der Waals surface area contributed by atoms with E-state index in [1.165, 1.54) is 18.3 Å². The molecule has 0 N–H and O–H groups in total. The van der Waals surface area contributed by atoms with Crippen LogP contribution in [0.5, 0.6) is 0 Å². The zero-order valence-electron chi connectivity index (χ0n) is 9.14. The largest absolute Gasteiger partial charge is 0.280 e. The van der Waals surface area contributed by atoms with Crippen LogP contribution in [0.2, 0.25) is 0 Å². The summed E-state index contributed by atoms with van der Waals surface area (Å²) in [7, 11) is 0. The van der Waals surface area contributed by atoms with E-state index in [1.54, 1.807) is 25.1 Å². The molecule has 0 unspecified atom stereocenters. The summed E-state index contributed by atoms with van der Waals surface area (Å²) in [6.45, 7) is 1.67. The summed E-state index contributed by atoms with van der Waals surface area (Å²) in [6, 6.07) is 9.40. The summed E-state index contributed by atoms with van der Waals surface area (Å²) in [5, 5.41) is 8.88. The third-order valence-electron chi connectivity index (χ3n) is 2.52. The van der Waals surface area contributed by atoms with E-state index >= 15 is 0 Å². The molecule has 0 aliphatic heterocycles. The van der Waals surface area contributed by atoms with Gasteiger partial charge in [0.25, 0.3) is 5.56 Å². The number of benzene rings is 1. The van der Waals surface area contributed by atoms with Gasteiger partial charge in [-0.25, -0.2) is 4.39 Å². The van der Waals surface area contributed by atoms with Gasteiger partial charge in [-0.3, -0.25) is 9.36 Å². The van der Waals surface area contributed by atoms with E-state index in [9.17, 15) is 9.18 Å². The van der Waals surface area contributed by atoms with Crippen molar-refractivity contribution in [1.82, 2.24) is 4.57 Å². The summed E-state index contributed by atoms with van der Waals surface area (Å²) in [5.74, 6) is -0.498. The van der Waals surface area contributed by atoms with Gasteiger partial charge in [0.2, 0.25) is 0 Å². The molecule has 2 rings (SSSR count). The molecule has 4 heteroatoms. The minimum absolute atomic E-state index is 0.0377. The van der Waals surface area contributed by atoms with E-state index in [2.05, 4.69) is 0 Å². The molecule has 0 radical (unpaired) electrons. The van der Waals surface area contributed by atoms with Gasteiger partial charge < -0.3 is 0 Å². The molecule has 0 spiro atoms. The molecule has 0 saturated heterocycles. The van der Waals surface area contributed by atoms with Crippen LogP contribution in [0.15, 0.2) is 41.3 Å². The van der Waals surface area contributed by atoms with Crippen LogP contribution in [-0.2, 0) is 0 Å².